The summed E-state index contributed by atoms with van der Waals surface area (Å²) in [5.74, 6) is -1.03. The molecule has 0 unspecified atom stereocenters. The van der Waals surface area contributed by atoms with Gasteiger partial charge in [-0.05, 0) is 29.3 Å². The van der Waals surface area contributed by atoms with Gasteiger partial charge in [-0.2, -0.15) is 8.78 Å². The Morgan fingerprint density at radius 2 is 1.67 bits per heavy atom. The van der Waals surface area contributed by atoms with E-state index >= 15 is 0 Å². The van der Waals surface area contributed by atoms with E-state index in [2.05, 4.69) is 4.74 Å². The average molecular weight is 290 g/mol. The minimum absolute atomic E-state index is 0.0266. The van der Waals surface area contributed by atoms with Gasteiger partial charge in [0.2, 0.25) is 0 Å². The van der Waals surface area contributed by atoms with E-state index in [1.807, 2.05) is 0 Å². The first-order chi connectivity index (χ1) is 10.1. The second-order valence-corrected chi connectivity index (χ2v) is 4.18. The van der Waals surface area contributed by atoms with Crippen LogP contribution in [0.4, 0.5) is 8.78 Å². The van der Waals surface area contributed by atoms with Crippen molar-refractivity contribution < 1.29 is 23.4 Å². The normalized spacial score (nSPS) is 11.5. The van der Waals surface area contributed by atoms with E-state index in [0.717, 1.165) is 0 Å². The molecule has 0 saturated carbocycles. The van der Waals surface area contributed by atoms with Gasteiger partial charge >= 0.3 is 12.6 Å². The summed E-state index contributed by atoms with van der Waals surface area (Å²) >= 11 is 0. The molecule has 108 valence electrons. The minimum atomic E-state index is -2.88. The molecule has 0 fully saturated rings. The fourth-order valence-electron chi connectivity index (χ4n) is 1.80. The Balaban J connectivity index is 2.29. The van der Waals surface area contributed by atoms with Crippen LogP contribution in [0, 0.1) is 0 Å². The highest BCUT2D eigenvalue weighted by molar-refractivity contribution is 6.20. The van der Waals surface area contributed by atoms with Crippen molar-refractivity contribution in [2.45, 2.75) is 6.61 Å². The number of ether oxygens (including phenoxy) is 1. The lowest BCUT2D eigenvalue weighted by atomic mass is 10.0. The summed E-state index contributed by atoms with van der Waals surface area (Å²) in [4.78, 5) is 11.3. The van der Waals surface area contributed by atoms with Crippen molar-refractivity contribution in [2.24, 2.45) is 0 Å². The summed E-state index contributed by atoms with van der Waals surface area (Å²) in [5, 5.41) is 9.27. The van der Waals surface area contributed by atoms with Crippen LogP contribution in [0.5, 0.6) is 5.75 Å². The van der Waals surface area contributed by atoms with Gasteiger partial charge < -0.3 is 9.84 Å². The second kappa shape index (κ2) is 6.65. The van der Waals surface area contributed by atoms with Gasteiger partial charge in [-0.25, -0.2) is 4.79 Å². The lowest BCUT2D eigenvalue weighted by Crippen LogP contribution is -2.01. The Morgan fingerprint density at radius 1 is 1.05 bits per heavy atom. The Hall–Kier alpha value is -2.69. The van der Waals surface area contributed by atoms with Crippen LogP contribution in [0.1, 0.15) is 11.1 Å². The maximum Gasteiger partial charge on any atom is 0.387 e. The van der Waals surface area contributed by atoms with E-state index in [0.29, 0.717) is 11.1 Å². The molecule has 0 bridgehead atoms. The molecule has 0 saturated heterocycles. The number of benzene rings is 2. The summed E-state index contributed by atoms with van der Waals surface area (Å²) in [6, 6.07) is 14.4. The van der Waals surface area contributed by atoms with Crippen molar-refractivity contribution in [2.75, 3.05) is 0 Å². The largest absolute Gasteiger partial charge is 0.478 e. The van der Waals surface area contributed by atoms with Gasteiger partial charge in [0.25, 0.3) is 0 Å². The van der Waals surface area contributed by atoms with E-state index in [1.54, 1.807) is 30.3 Å². The number of carboxylic acids is 1. The molecule has 2 aromatic rings. The van der Waals surface area contributed by atoms with Crippen LogP contribution in [-0.4, -0.2) is 17.7 Å². The molecule has 0 spiro atoms. The molecule has 3 nitrogen and oxygen atoms in total. The predicted molar refractivity (Wildman–Crippen MR) is 75.0 cm³/mol. The van der Waals surface area contributed by atoms with Crippen LogP contribution in [-0.2, 0) is 4.79 Å². The van der Waals surface area contributed by atoms with E-state index in [9.17, 15) is 18.7 Å². The fourth-order valence-corrected chi connectivity index (χ4v) is 1.80. The van der Waals surface area contributed by atoms with Crippen LogP contribution >= 0.6 is 0 Å². The number of halogens is 2. The van der Waals surface area contributed by atoms with E-state index in [-0.39, 0.29) is 11.3 Å². The summed E-state index contributed by atoms with van der Waals surface area (Å²) in [5.41, 5.74) is 1.27. The first-order valence-corrected chi connectivity index (χ1v) is 6.11. The zero-order chi connectivity index (χ0) is 15.2. The number of rotatable bonds is 5. The molecule has 0 heterocycles. The van der Waals surface area contributed by atoms with Gasteiger partial charge in [0.15, 0.2) is 0 Å². The number of alkyl halides is 2. The van der Waals surface area contributed by atoms with Gasteiger partial charge in [0.05, 0.1) is 5.57 Å². The molecule has 21 heavy (non-hydrogen) atoms. The number of aliphatic carboxylic acids is 1. The molecule has 1 N–H and O–H groups in total. The Morgan fingerprint density at radius 3 is 2.19 bits per heavy atom. The standard InChI is InChI=1S/C16H12F2O3/c17-16(18)21-13-8-6-11(7-9-13)10-14(15(19)20)12-4-2-1-3-5-12/h1-10,16H,(H,19,20). The molecule has 2 rings (SSSR count). The minimum Gasteiger partial charge on any atom is -0.478 e. The summed E-state index contributed by atoms with van der Waals surface area (Å²) in [6.45, 7) is -2.88. The van der Waals surface area contributed by atoms with Crippen LogP contribution in [0.25, 0.3) is 11.6 Å². The first-order valence-electron chi connectivity index (χ1n) is 6.11. The molecule has 0 atom stereocenters. The SMILES string of the molecule is O=C(O)C(=Cc1ccc(OC(F)F)cc1)c1ccccc1. The molecule has 2 aromatic carbocycles. The summed E-state index contributed by atoms with van der Waals surface area (Å²) in [6.07, 6.45) is 1.48. The van der Waals surface area contributed by atoms with E-state index in [4.69, 9.17) is 0 Å². The highest BCUT2D eigenvalue weighted by atomic mass is 19.3. The van der Waals surface area contributed by atoms with Crippen molar-refractivity contribution in [1.82, 2.24) is 0 Å². The van der Waals surface area contributed by atoms with Gasteiger partial charge in [-0.1, -0.05) is 42.5 Å². The molecule has 0 aliphatic rings. The van der Waals surface area contributed by atoms with Crippen molar-refractivity contribution in [3.05, 3.63) is 65.7 Å². The Bertz CT molecular complexity index is 634. The maximum atomic E-state index is 12.0. The Kier molecular flexibility index (Phi) is 4.66. The third kappa shape index (κ3) is 4.14. The quantitative estimate of drug-likeness (QED) is 0.670. The number of carbonyl (C=O) groups is 1. The molecule has 0 amide bonds. The zero-order valence-corrected chi connectivity index (χ0v) is 10.9. The molecule has 0 radical (unpaired) electrons. The zero-order valence-electron chi connectivity index (χ0n) is 10.9. The second-order valence-electron chi connectivity index (χ2n) is 4.18. The fraction of sp³-hybridized carbons (Fsp3) is 0.0625. The molecule has 5 heteroatoms. The number of hydrogen-bond donors (Lipinski definition) is 1. The van der Waals surface area contributed by atoms with Crippen LogP contribution in [0.3, 0.4) is 0 Å². The molecule has 0 aromatic heterocycles. The molecule has 0 aliphatic heterocycles. The van der Waals surface area contributed by atoms with Crippen LogP contribution in [0.2, 0.25) is 0 Å². The number of carboxylic acid groups (broad SMARTS) is 1. The lowest BCUT2D eigenvalue weighted by molar-refractivity contribution is -0.130. The molecular formula is C16H12F2O3. The van der Waals surface area contributed by atoms with Crippen molar-refractivity contribution in [1.29, 1.82) is 0 Å². The summed E-state index contributed by atoms with van der Waals surface area (Å²) in [7, 11) is 0. The van der Waals surface area contributed by atoms with E-state index in [1.165, 1.54) is 30.3 Å². The van der Waals surface area contributed by atoms with Gasteiger partial charge in [-0.15, -0.1) is 0 Å². The van der Waals surface area contributed by atoms with Crippen molar-refractivity contribution >= 4 is 17.6 Å². The third-order valence-corrected chi connectivity index (χ3v) is 2.73. The topological polar surface area (TPSA) is 46.5 Å². The predicted octanol–water partition coefficient (Wildman–Crippen LogP) is 3.91. The maximum absolute atomic E-state index is 12.0. The van der Waals surface area contributed by atoms with Gasteiger partial charge in [-0.3, -0.25) is 0 Å². The first kappa shape index (κ1) is 14.7. The van der Waals surface area contributed by atoms with Gasteiger partial charge in [0, 0.05) is 0 Å². The van der Waals surface area contributed by atoms with Crippen molar-refractivity contribution in [3.8, 4) is 5.75 Å². The average Bonchev–Trinajstić information content (AvgIpc) is 2.46. The van der Waals surface area contributed by atoms with E-state index < -0.39 is 12.6 Å². The highest BCUT2D eigenvalue weighted by Crippen LogP contribution is 2.21. The Labute approximate surface area is 120 Å². The van der Waals surface area contributed by atoms with Crippen molar-refractivity contribution in [3.63, 3.8) is 0 Å². The smallest absolute Gasteiger partial charge is 0.387 e. The molecular weight excluding hydrogens is 278 g/mol. The summed E-state index contributed by atoms with van der Waals surface area (Å²) < 4.78 is 28.3. The molecule has 0 aliphatic carbocycles. The highest BCUT2D eigenvalue weighted by Gasteiger charge is 2.10. The lowest BCUT2D eigenvalue weighted by Gasteiger charge is -2.05. The number of hydrogen-bond acceptors (Lipinski definition) is 2. The monoisotopic (exact) mass is 290 g/mol. The van der Waals surface area contributed by atoms with Gasteiger partial charge in [0.1, 0.15) is 5.75 Å². The van der Waals surface area contributed by atoms with Crippen LogP contribution < -0.4 is 4.74 Å². The third-order valence-electron chi connectivity index (χ3n) is 2.73. The van der Waals surface area contributed by atoms with Crippen LogP contribution in [0.15, 0.2) is 54.6 Å².